The number of rotatable bonds is 13. The Kier molecular flexibility index (Phi) is 14.7. The van der Waals surface area contributed by atoms with Crippen LogP contribution < -0.4 is 0 Å². The van der Waals surface area contributed by atoms with Gasteiger partial charge >= 0.3 is 11.9 Å². The quantitative estimate of drug-likeness (QED) is 0.211. The summed E-state index contributed by atoms with van der Waals surface area (Å²) in [5.74, 6) is -0.893. The Hall–Kier alpha value is -0.740. The minimum Gasteiger partial charge on any atom is -0.466 e. The van der Waals surface area contributed by atoms with Gasteiger partial charge in [0.1, 0.15) is 11.4 Å². The number of esters is 2. The van der Waals surface area contributed by atoms with E-state index in [1.165, 1.54) is 19.3 Å². The van der Waals surface area contributed by atoms with Gasteiger partial charge in [0, 0.05) is 0 Å². The summed E-state index contributed by atoms with van der Waals surface area (Å²) < 4.78 is 9.76. The Morgan fingerprint density at radius 1 is 0.955 bits per heavy atom. The van der Waals surface area contributed by atoms with Crippen LogP contribution in [0.1, 0.15) is 58.3 Å². The second-order valence-electron chi connectivity index (χ2n) is 4.90. The van der Waals surface area contributed by atoms with Gasteiger partial charge in [0.15, 0.2) is 0 Å². The molecule has 128 valence electrons. The lowest BCUT2D eigenvalue weighted by Gasteiger charge is -2.05. The molecule has 0 unspecified atom stereocenters. The molecule has 0 amide bonds. The second-order valence-corrected chi connectivity index (χ2v) is 6.18. The maximum absolute atomic E-state index is 11.4. The van der Waals surface area contributed by atoms with E-state index in [-0.39, 0.29) is 19.4 Å². The van der Waals surface area contributed by atoms with Gasteiger partial charge in [-0.25, -0.2) is 0 Å². The molecule has 0 saturated heterocycles. The van der Waals surface area contributed by atoms with Crippen molar-refractivity contribution in [1.82, 2.24) is 0 Å². The fourth-order valence-electron chi connectivity index (χ4n) is 1.64. The van der Waals surface area contributed by atoms with Crippen molar-refractivity contribution in [2.24, 2.45) is 0 Å². The average molecular weight is 353 g/mol. The van der Waals surface area contributed by atoms with Crippen LogP contribution in [0.5, 0.6) is 0 Å². The molecule has 0 radical (unpaired) electrons. The molecule has 0 saturated carbocycles. The highest BCUT2D eigenvalue weighted by Gasteiger charge is 2.10. The zero-order chi connectivity index (χ0) is 16.6. The van der Waals surface area contributed by atoms with Crippen molar-refractivity contribution in [2.75, 3.05) is 13.2 Å². The van der Waals surface area contributed by atoms with Crippen LogP contribution in [-0.2, 0) is 19.1 Å². The summed E-state index contributed by atoms with van der Waals surface area (Å²) in [5, 5.41) is 0. The molecular weight excluding hydrogens is 327 g/mol. The first-order chi connectivity index (χ1) is 10.6. The summed E-state index contributed by atoms with van der Waals surface area (Å²) in [6.45, 7) is 2.49. The Balaban J connectivity index is 3.44. The second kappa shape index (κ2) is 15.2. The van der Waals surface area contributed by atoms with E-state index in [4.69, 9.17) is 32.7 Å². The Bertz CT molecular complexity index is 330. The number of carbonyl (C=O) groups is 2. The highest BCUT2D eigenvalue weighted by atomic mass is 35.5. The van der Waals surface area contributed by atoms with Crippen LogP contribution in [-0.4, -0.2) is 30.0 Å². The minimum atomic E-state index is -0.745. The highest BCUT2D eigenvalue weighted by molar-refractivity contribution is 6.44. The highest BCUT2D eigenvalue weighted by Crippen LogP contribution is 2.04. The van der Waals surface area contributed by atoms with E-state index in [0.29, 0.717) is 6.61 Å². The van der Waals surface area contributed by atoms with Gasteiger partial charge in [-0.2, -0.15) is 0 Å². The van der Waals surface area contributed by atoms with Crippen LogP contribution >= 0.6 is 23.2 Å². The van der Waals surface area contributed by atoms with Gasteiger partial charge in [-0.3, -0.25) is 9.59 Å². The number of carbonyl (C=O) groups excluding carboxylic acids is 2. The van der Waals surface area contributed by atoms with Gasteiger partial charge in [-0.05, 0) is 25.7 Å². The predicted molar refractivity (Wildman–Crippen MR) is 89.2 cm³/mol. The van der Waals surface area contributed by atoms with Crippen LogP contribution in [0.2, 0.25) is 0 Å². The van der Waals surface area contributed by atoms with Crippen molar-refractivity contribution in [3.63, 3.8) is 0 Å². The Morgan fingerprint density at radius 3 is 2.14 bits per heavy atom. The third-order valence-electron chi connectivity index (χ3n) is 2.82. The normalized spacial score (nSPS) is 11.1. The van der Waals surface area contributed by atoms with Crippen LogP contribution in [0.15, 0.2) is 12.2 Å². The van der Waals surface area contributed by atoms with E-state index in [0.717, 1.165) is 19.3 Å². The fourth-order valence-corrected chi connectivity index (χ4v) is 1.77. The number of unbranched alkanes of at least 4 members (excludes halogenated alkanes) is 4. The van der Waals surface area contributed by atoms with Gasteiger partial charge in [-0.1, -0.05) is 31.9 Å². The zero-order valence-corrected chi connectivity index (χ0v) is 14.7. The molecule has 0 fully saturated rings. The van der Waals surface area contributed by atoms with E-state index in [2.05, 4.69) is 19.1 Å². The van der Waals surface area contributed by atoms with E-state index in [1.807, 2.05) is 0 Å². The third-order valence-corrected chi connectivity index (χ3v) is 3.07. The van der Waals surface area contributed by atoms with Crippen molar-refractivity contribution in [2.45, 2.75) is 63.1 Å². The van der Waals surface area contributed by atoms with Gasteiger partial charge in [0.05, 0.1) is 19.4 Å². The molecule has 0 aliphatic carbocycles. The lowest BCUT2D eigenvalue weighted by Crippen LogP contribution is -2.13. The first-order valence-corrected chi connectivity index (χ1v) is 8.68. The molecule has 0 aromatic rings. The molecule has 22 heavy (non-hydrogen) atoms. The number of allylic oxidation sites excluding steroid dienone is 2. The SMILES string of the molecule is CCCCC/C=C/CCCOC(=O)CCC(=O)OCC(Cl)Cl. The van der Waals surface area contributed by atoms with E-state index < -0.39 is 16.8 Å². The molecule has 6 heteroatoms. The van der Waals surface area contributed by atoms with Crippen molar-refractivity contribution < 1.29 is 19.1 Å². The summed E-state index contributed by atoms with van der Waals surface area (Å²) in [6, 6.07) is 0. The maximum atomic E-state index is 11.4. The van der Waals surface area contributed by atoms with Crippen LogP contribution in [0.4, 0.5) is 0 Å². The summed E-state index contributed by atoms with van der Waals surface area (Å²) >= 11 is 10.8. The minimum absolute atomic E-state index is 0.0148. The van der Waals surface area contributed by atoms with Crippen LogP contribution in [0, 0.1) is 0 Å². The fraction of sp³-hybridized carbons (Fsp3) is 0.750. The zero-order valence-electron chi connectivity index (χ0n) is 13.2. The monoisotopic (exact) mass is 352 g/mol. The summed E-state index contributed by atoms with van der Waals surface area (Å²) in [6.07, 6.45) is 10.8. The lowest BCUT2D eigenvalue weighted by molar-refractivity contribution is -0.150. The summed E-state index contributed by atoms with van der Waals surface area (Å²) in [4.78, 5) is 21.9. The van der Waals surface area contributed by atoms with Gasteiger partial charge in [0.2, 0.25) is 0 Å². The van der Waals surface area contributed by atoms with Gasteiger partial charge in [-0.15, -0.1) is 23.2 Å². The lowest BCUT2D eigenvalue weighted by atomic mass is 10.2. The van der Waals surface area contributed by atoms with E-state index >= 15 is 0 Å². The van der Waals surface area contributed by atoms with Crippen molar-refractivity contribution >= 4 is 35.1 Å². The van der Waals surface area contributed by atoms with Crippen molar-refractivity contribution in [3.8, 4) is 0 Å². The van der Waals surface area contributed by atoms with Crippen LogP contribution in [0.3, 0.4) is 0 Å². The number of alkyl halides is 2. The molecule has 4 nitrogen and oxygen atoms in total. The topological polar surface area (TPSA) is 52.6 Å². The maximum Gasteiger partial charge on any atom is 0.306 e. The number of halogens is 2. The molecular formula is C16H26Cl2O4. The molecule has 0 heterocycles. The standard InChI is InChI=1S/C16H26Cl2O4/c1-2-3-4-5-6-7-8-9-12-21-15(19)10-11-16(20)22-13-14(17)18/h6-7,14H,2-5,8-13H2,1H3/b7-6+. The molecule has 0 aromatic carbocycles. The van der Waals surface area contributed by atoms with Crippen molar-refractivity contribution in [1.29, 1.82) is 0 Å². The molecule has 0 aliphatic heterocycles. The molecule has 0 N–H and O–H groups in total. The number of ether oxygens (including phenoxy) is 2. The Morgan fingerprint density at radius 2 is 1.55 bits per heavy atom. The largest absolute Gasteiger partial charge is 0.466 e. The molecule has 0 atom stereocenters. The van der Waals surface area contributed by atoms with E-state index in [9.17, 15) is 9.59 Å². The van der Waals surface area contributed by atoms with Crippen LogP contribution in [0.25, 0.3) is 0 Å². The third kappa shape index (κ3) is 15.6. The summed E-state index contributed by atoms with van der Waals surface area (Å²) in [5.41, 5.74) is 0. The molecule has 0 bridgehead atoms. The number of hydrogen-bond acceptors (Lipinski definition) is 4. The first kappa shape index (κ1) is 21.3. The van der Waals surface area contributed by atoms with E-state index in [1.54, 1.807) is 0 Å². The Labute approximate surface area is 143 Å². The number of hydrogen-bond donors (Lipinski definition) is 0. The van der Waals surface area contributed by atoms with Gasteiger partial charge in [0.25, 0.3) is 0 Å². The average Bonchev–Trinajstić information content (AvgIpc) is 2.49. The predicted octanol–water partition coefficient (Wildman–Crippen LogP) is 4.57. The molecule has 0 spiro atoms. The molecule has 0 aliphatic rings. The van der Waals surface area contributed by atoms with Gasteiger partial charge < -0.3 is 9.47 Å². The van der Waals surface area contributed by atoms with Crippen molar-refractivity contribution in [3.05, 3.63) is 12.2 Å². The molecule has 0 rings (SSSR count). The first-order valence-electron chi connectivity index (χ1n) is 7.80. The smallest absolute Gasteiger partial charge is 0.306 e. The summed E-state index contributed by atoms with van der Waals surface area (Å²) in [7, 11) is 0. The molecule has 0 aromatic heterocycles.